The monoisotopic (exact) mass is 420 g/mol. The summed E-state index contributed by atoms with van der Waals surface area (Å²) in [6.07, 6.45) is 8.20. The number of pyridine rings is 1. The molecule has 3 aromatic rings. The highest BCUT2D eigenvalue weighted by molar-refractivity contribution is 5.94. The largest absolute Gasteiger partial charge is 0.487 e. The van der Waals surface area contributed by atoms with Gasteiger partial charge < -0.3 is 19.8 Å². The molecule has 2 amide bonds. The lowest BCUT2D eigenvalue weighted by atomic mass is 10.1. The topological polar surface area (TPSA) is 84.7 Å². The van der Waals surface area contributed by atoms with E-state index in [-0.39, 0.29) is 17.7 Å². The fourth-order valence-corrected chi connectivity index (χ4v) is 3.88. The van der Waals surface area contributed by atoms with Gasteiger partial charge in [-0.2, -0.15) is 0 Å². The molecule has 7 nitrogen and oxygen atoms in total. The number of imidazole rings is 1. The van der Waals surface area contributed by atoms with Crippen LogP contribution in [0.5, 0.6) is 5.75 Å². The third kappa shape index (κ3) is 5.42. The van der Waals surface area contributed by atoms with Gasteiger partial charge in [0.25, 0.3) is 5.91 Å². The molecule has 7 heteroatoms. The smallest absolute Gasteiger partial charge is 0.251 e. The van der Waals surface area contributed by atoms with Gasteiger partial charge in [0.2, 0.25) is 5.91 Å². The predicted molar refractivity (Wildman–Crippen MR) is 118 cm³/mol. The van der Waals surface area contributed by atoms with E-state index in [1.807, 2.05) is 35.9 Å². The molecule has 1 saturated carbocycles. The van der Waals surface area contributed by atoms with Crippen LogP contribution in [-0.4, -0.2) is 34.3 Å². The Morgan fingerprint density at radius 1 is 1.03 bits per heavy atom. The molecule has 0 bridgehead atoms. The first kappa shape index (κ1) is 20.9. The van der Waals surface area contributed by atoms with E-state index in [9.17, 15) is 9.59 Å². The average Bonchev–Trinajstić information content (AvgIpc) is 3.45. The third-order valence-corrected chi connectivity index (χ3v) is 5.59. The summed E-state index contributed by atoms with van der Waals surface area (Å²) in [5.41, 5.74) is 3.45. The Morgan fingerprint density at radius 3 is 2.55 bits per heavy atom. The van der Waals surface area contributed by atoms with E-state index in [1.54, 1.807) is 24.3 Å². The molecule has 1 aliphatic carbocycles. The van der Waals surface area contributed by atoms with Crippen molar-refractivity contribution in [3.63, 3.8) is 0 Å². The van der Waals surface area contributed by atoms with Crippen LogP contribution in [0.15, 0.2) is 48.8 Å². The first-order chi connectivity index (χ1) is 15.1. The van der Waals surface area contributed by atoms with Gasteiger partial charge in [0, 0.05) is 37.0 Å². The van der Waals surface area contributed by atoms with E-state index in [0.717, 1.165) is 37.0 Å². The number of carbonyl (C=O) groups excluding carboxylic acids is 2. The lowest BCUT2D eigenvalue weighted by Gasteiger charge is -2.11. The second-order valence-corrected chi connectivity index (χ2v) is 8.05. The fraction of sp³-hybridized carbons (Fsp3) is 0.375. The molecule has 2 aromatic heterocycles. The van der Waals surface area contributed by atoms with Crippen molar-refractivity contribution in [2.45, 2.75) is 39.2 Å². The normalized spacial score (nSPS) is 14.0. The van der Waals surface area contributed by atoms with Crippen LogP contribution < -0.4 is 15.4 Å². The minimum atomic E-state index is -0.169. The van der Waals surface area contributed by atoms with Crippen LogP contribution >= 0.6 is 0 Å². The Balaban J connectivity index is 1.21. The Kier molecular flexibility index (Phi) is 6.50. The van der Waals surface area contributed by atoms with Gasteiger partial charge in [0.05, 0.1) is 5.69 Å². The number of aromatic nitrogens is 2. The van der Waals surface area contributed by atoms with E-state index < -0.39 is 0 Å². The maximum absolute atomic E-state index is 12.3. The second-order valence-electron chi connectivity index (χ2n) is 8.05. The molecule has 1 aliphatic rings. The Bertz CT molecular complexity index is 1050. The van der Waals surface area contributed by atoms with Crippen molar-refractivity contribution in [2.24, 2.45) is 5.92 Å². The Hall–Kier alpha value is -3.35. The predicted octanol–water partition coefficient (Wildman–Crippen LogP) is 3.26. The van der Waals surface area contributed by atoms with Crippen molar-refractivity contribution >= 4 is 17.5 Å². The number of hydrogen-bond acceptors (Lipinski definition) is 4. The maximum atomic E-state index is 12.3. The summed E-state index contributed by atoms with van der Waals surface area (Å²) in [5, 5.41) is 5.74. The maximum Gasteiger partial charge on any atom is 0.251 e. The van der Waals surface area contributed by atoms with E-state index in [0.29, 0.717) is 31.0 Å². The molecule has 2 N–H and O–H groups in total. The van der Waals surface area contributed by atoms with Gasteiger partial charge in [-0.15, -0.1) is 0 Å². The molecule has 0 unspecified atom stereocenters. The lowest BCUT2D eigenvalue weighted by Crippen LogP contribution is -2.37. The van der Waals surface area contributed by atoms with Gasteiger partial charge in [0.1, 0.15) is 18.0 Å². The van der Waals surface area contributed by atoms with E-state index in [2.05, 4.69) is 15.6 Å². The number of aryl methyl sites for hydroxylation is 1. The summed E-state index contributed by atoms with van der Waals surface area (Å²) < 4.78 is 7.79. The summed E-state index contributed by atoms with van der Waals surface area (Å²) in [4.78, 5) is 28.8. The molecule has 1 aromatic carbocycles. The number of carbonyl (C=O) groups is 2. The average molecular weight is 421 g/mol. The van der Waals surface area contributed by atoms with Gasteiger partial charge in [0.15, 0.2) is 0 Å². The Morgan fingerprint density at radius 2 is 1.77 bits per heavy atom. The third-order valence-electron chi connectivity index (χ3n) is 5.59. The molecule has 0 aliphatic heterocycles. The minimum absolute atomic E-state index is 0.106. The summed E-state index contributed by atoms with van der Waals surface area (Å²) in [5.74, 6) is 0.757. The van der Waals surface area contributed by atoms with Crippen molar-refractivity contribution in [1.82, 2.24) is 20.0 Å². The van der Waals surface area contributed by atoms with Crippen LogP contribution in [0.25, 0.3) is 5.65 Å². The highest BCUT2D eigenvalue weighted by Gasteiger charge is 2.21. The van der Waals surface area contributed by atoms with Crippen molar-refractivity contribution in [2.75, 3.05) is 13.1 Å². The number of rotatable bonds is 8. The molecule has 31 heavy (non-hydrogen) atoms. The van der Waals surface area contributed by atoms with Gasteiger partial charge in [-0.3, -0.25) is 9.59 Å². The van der Waals surface area contributed by atoms with Crippen molar-refractivity contribution in [3.05, 3.63) is 65.6 Å². The van der Waals surface area contributed by atoms with E-state index in [4.69, 9.17) is 4.74 Å². The number of amides is 2. The molecule has 0 radical (unpaired) electrons. The second kappa shape index (κ2) is 9.64. The minimum Gasteiger partial charge on any atom is -0.487 e. The molecule has 162 valence electrons. The van der Waals surface area contributed by atoms with Gasteiger partial charge in [-0.25, -0.2) is 4.98 Å². The first-order valence-corrected chi connectivity index (χ1v) is 10.8. The standard InChI is InChI=1S/C24H28N4O3/c1-17-6-11-22-27-20(15-28(22)14-17)16-31-21-9-7-19(8-10-21)24(30)26-13-12-25-23(29)18-4-2-3-5-18/h6-11,14-15,18H,2-5,12-13,16H2,1H3,(H,25,29)(H,26,30). The number of nitrogens with zero attached hydrogens (tertiary/aromatic N) is 2. The highest BCUT2D eigenvalue weighted by Crippen LogP contribution is 2.24. The number of benzene rings is 1. The van der Waals surface area contributed by atoms with Crippen LogP contribution in [0.4, 0.5) is 0 Å². The lowest BCUT2D eigenvalue weighted by molar-refractivity contribution is -0.124. The van der Waals surface area contributed by atoms with Crippen molar-refractivity contribution < 1.29 is 14.3 Å². The molecule has 1 fully saturated rings. The summed E-state index contributed by atoms with van der Waals surface area (Å²) in [6.45, 7) is 3.25. The van der Waals surface area contributed by atoms with Crippen LogP contribution in [-0.2, 0) is 11.4 Å². The van der Waals surface area contributed by atoms with Crippen molar-refractivity contribution in [3.8, 4) is 5.75 Å². The summed E-state index contributed by atoms with van der Waals surface area (Å²) in [6, 6.07) is 11.0. The van der Waals surface area contributed by atoms with Gasteiger partial charge in [-0.05, 0) is 55.7 Å². The number of ether oxygens (including phenoxy) is 1. The van der Waals surface area contributed by atoms with Crippen molar-refractivity contribution in [1.29, 1.82) is 0 Å². The highest BCUT2D eigenvalue weighted by atomic mass is 16.5. The molecule has 4 rings (SSSR count). The first-order valence-electron chi connectivity index (χ1n) is 10.8. The number of hydrogen-bond donors (Lipinski definition) is 2. The van der Waals surface area contributed by atoms with E-state index >= 15 is 0 Å². The SMILES string of the molecule is Cc1ccc2nc(COc3ccc(C(=O)NCCNC(=O)C4CCCC4)cc3)cn2c1. The zero-order valence-electron chi connectivity index (χ0n) is 17.8. The molecule has 0 spiro atoms. The molecular formula is C24H28N4O3. The number of fused-ring (bicyclic) bond motifs is 1. The molecule has 0 saturated heterocycles. The van der Waals surface area contributed by atoms with Gasteiger partial charge >= 0.3 is 0 Å². The zero-order valence-corrected chi connectivity index (χ0v) is 17.8. The number of nitrogens with one attached hydrogen (secondary N) is 2. The van der Waals surface area contributed by atoms with Gasteiger partial charge in [-0.1, -0.05) is 18.9 Å². The zero-order chi connectivity index (χ0) is 21.6. The summed E-state index contributed by atoms with van der Waals surface area (Å²) >= 11 is 0. The van der Waals surface area contributed by atoms with E-state index in [1.165, 1.54) is 5.56 Å². The molecular weight excluding hydrogens is 392 g/mol. The van der Waals surface area contributed by atoms with Crippen LogP contribution in [0, 0.1) is 12.8 Å². The molecule has 2 heterocycles. The molecule has 0 atom stereocenters. The van der Waals surface area contributed by atoms with Crippen LogP contribution in [0.1, 0.15) is 47.3 Å². The van der Waals surface area contributed by atoms with Crippen LogP contribution in [0.3, 0.4) is 0 Å². The quantitative estimate of drug-likeness (QED) is 0.548. The Labute approximate surface area is 181 Å². The fourth-order valence-electron chi connectivity index (χ4n) is 3.88. The summed E-state index contributed by atoms with van der Waals surface area (Å²) in [7, 11) is 0. The van der Waals surface area contributed by atoms with Crippen LogP contribution in [0.2, 0.25) is 0 Å².